The van der Waals surface area contributed by atoms with Crippen LogP contribution >= 0.6 is 22.9 Å². The largest absolute Gasteiger partial charge is 0.346 e. The van der Waals surface area contributed by atoms with Crippen molar-refractivity contribution in [2.45, 2.75) is 6.54 Å². The van der Waals surface area contributed by atoms with Crippen molar-refractivity contribution in [2.24, 2.45) is 0 Å². The molecule has 7 nitrogen and oxygen atoms in total. The Morgan fingerprint density at radius 3 is 2.64 bits per heavy atom. The second-order valence-corrected chi connectivity index (χ2v) is 6.95. The number of benzene rings is 2. The summed E-state index contributed by atoms with van der Waals surface area (Å²) in [5.74, 6) is -0.790. The zero-order chi connectivity index (χ0) is 20.1. The van der Waals surface area contributed by atoms with Crippen molar-refractivity contribution in [3.8, 4) is 0 Å². The molecular weight excluding hydrogens is 407 g/mol. The first-order valence-corrected chi connectivity index (χ1v) is 9.10. The Labute approximate surface area is 167 Å². The molecule has 0 radical (unpaired) electrons. The van der Waals surface area contributed by atoms with Crippen molar-refractivity contribution in [3.63, 3.8) is 0 Å². The molecule has 1 aromatic heterocycles. The van der Waals surface area contributed by atoms with Crippen LogP contribution in [0.4, 0.5) is 10.1 Å². The first-order valence-electron chi connectivity index (χ1n) is 7.90. The molecular formula is C18H12ClFN4O3S. The van der Waals surface area contributed by atoms with Gasteiger partial charge in [-0.3, -0.25) is 14.9 Å². The average Bonchev–Trinajstić information content (AvgIpc) is 3.18. The second-order valence-electron chi connectivity index (χ2n) is 5.57. The fraction of sp³-hybridized carbons (Fsp3) is 0.0556. The summed E-state index contributed by atoms with van der Waals surface area (Å²) in [4.78, 5) is 22.5. The molecule has 0 saturated heterocycles. The van der Waals surface area contributed by atoms with Crippen LogP contribution in [0.2, 0.25) is 0 Å². The van der Waals surface area contributed by atoms with Crippen molar-refractivity contribution in [3.05, 3.63) is 85.6 Å². The van der Waals surface area contributed by atoms with Gasteiger partial charge in [0.2, 0.25) is 5.01 Å². The quantitative estimate of drug-likeness (QED) is 0.476. The number of hydrogen-bond acceptors (Lipinski definition) is 6. The molecule has 1 N–H and O–H groups in total. The number of carbonyl (C=O) groups is 1. The van der Waals surface area contributed by atoms with Crippen molar-refractivity contribution >= 4 is 45.6 Å². The predicted octanol–water partition coefficient (Wildman–Crippen LogP) is 4.25. The first-order chi connectivity index (χ1) is 13.4. The summed E-state index contributed by atoms with van der Waals surface area (Å²) >= 11 is 7.20. The van der Waals surface area contributed by atoms with Gasteiger partial charge < -0.3 is 5.32 Å². The Balaban J connectivity index is 1.68. The molecule has 0 bridgehead atoms. The van der Waals surface area contributed by atoms with E-state index in [-0.39, 0.29) is 28.1 Å². The molecule has 0 aliphatic rings. The summed E-state index contributed by atoms with van der Waals surface area (Å²) < 4.78 is 12.9. The van der Waals surface area contributed by atoms with Crippen LogP contribution < -0.4 is 5.32 Å². The minimum atomic E-state index is -0.500. The van der Waals surface area contributed by atoms with Gasteiger partial charge in [0, 0.05) is 18.7 Å². The fourth-order valence-corrected chi connectivity index (χ4v) is 3.16. The molecule has 3 rings (SSSR count). The van der Waals surface area contributed by atoms with Crippen molar-refractivity contribution < 1.29 is 14.1 Å². The molecule has 28 heavy (non-hydrogen) atoms. The van der Waals surface area contributed by atoms with E-state index in [1.165, 1.54) is 30.3 Å². The van der Waals surface area contributed by atoms with Crippen molar-refractivity contribution in [1.82, 2.24) is 15.5 Å². The second kappa shape index (κ2) is 8.68. The Kier molecular flexibility index (Phi) is 6.07. The van der Waals surface area contributed by atoms with Crippen LogP contribution in [0.25, 0.3) is 11.1 Å². The van der Waals surface area contributed by atoms with E-state index in [4.69, 9.17) is 11.6 Å². The molecule has 0 aliphatic carbocycles. The number of nitro groups is 1. The Morgan fingerprint density at radius 2 is 1.93 bits per heavy atom. The lowest BCUT2D eigenvalue weighted by Gasteiger charge is -2.02. The summed E-state index contributed by atoms with van der Waals surface area (Å²) in [5.41, 5.74) is 1.20. The first kappa shape index (κ1) is 19.6. The van der Waals surface area contributed by atoms with Gasteiger partial charge in [0.1, 0.15) is 5.82 Å². The maximum atomic E-state index is 12.9. The molecule has 0 fully saturated rings. The number of amides is 1. The Morgan fingerprint density at radius 1 is 1.21 bits per heavy atom. The van der Waals surface area contributed by atoms with Gasteiger partial charge in [0.25, 0.3) is 11.6 Å². The topological polar surface area (TPSA) is 98.0 Å². The predicted molar refractivity (Wildman–Crippen MR) is 104 cm³/mol. The minimum Gasteiger partial charge on any atom is -0.346 e. The molecule has 2 aromatic carbocycles. The van der Waals surface area contributed by atoms with Crippen LogP contribution in [-0.2, 0) is 6.54 Å². The molecule has 0 saturated carbocycles. The lowest BCUT2D eigenvalue weighted by Crippen LogP contribution is -2.22. The molecule has 3 aromatic rings. The van der Waals surface area contributed by atoms with Crippen LogP contribution in [0, 0.1) is 15.9 Å². The van der Waals surface area contributed by atoms with Gasteiger partial charge >= 0.3 is 0 Å². The highest BCUT2D eigenvalue weighted by molar-refractivity contribution is 7.15. The molecule has 0 aliphatic heterocycles. The van der Waals surface area contributed by atoms with Gasteiger partial charge in [-0.05, 0) is 29.3 Å². The van der Waals surface area contributed by atoms with Gasteiger partial charge in [-0.2, -0.15) is 0 Å². The standard InChI is InChI=1S/C18H12ClFN4O3S/c19-15(9-12-2-1-3-14(8-12)24(26)27)17-22-23-18(28-17)16(25)21-10-11-4-6-13(20)7-5-11/h1-9H,10H2,(H,21,25)/b15-9-. The van der Waals surface area contributed by atoms with E-state index >= 15 is 0 Å². The number of nitro benzene ring substituents is 1. The zero-order valence-electron chi connectivity index (χ0n) is 14.1. The van der Waals surface area contributed by atoms with E-state index in [1.807, 2.05) is 0 Å². The third kappa shape index (κ3) is 4.96. The average molecular weight is 419 g/mol. The highest BCUT2D eigenvalue weighted by Gasteiger charge is 2.15. The summed E-state index contributed by atoms with van der Waals surface area (Å²) in [5, 5.41) is 21.8. The van der Waals surface area contributed by atoms with E-state index in [2.05, 4.69) is 15.5 Å². The highest BCUT2D eigenvalue weighted by atomic mass is 35.5. The lowest BCUT2D eigenvalue weighted by atomic mass is 10.2. The van der Waals surface area contributed by atoms with Gasteiger partial charge in [-0.1, -0.05) is 47.2 Å². The van der Waals surface area contributed by atoms with E-state index in [0.717, 1.165) is 16.9 Å². The minimum absolute atomic E-state index is 0.0589. The number of aromatic nitrogens is 2. The van der Waals surface area contributed by atoms with E-state index in [0.29, 0.717) is 10.6 Å². The van der Waals surface area contributed by atoms with Crippen LogP contribution in [0.1, 0.15) is 25.9 Å². The van der Waals surface area contributed by atoms with E-state index in [9.17, 15) is 19.3 Å². The summed E-state index contributed by atoms with van der Waals surface area (Å²) in [7, 11) is 0. The zero-order valence-corrected chi connectivity index (χ0v) is 15.7. The Hall–Kier alpha value is -3.17. The molecule has 0 atom stereocenters. The third-order valence-corrected chi connectivity index (χ3v) is 4.92. The van der Waals surface area contributed by atoms with Gasteiger partial charge in [-0.25, -0.2) is 4.39 Å². The van der Waals surface area contributed by atoms with Crippen LogP contribution in [0.3, 0.4) is 0 Å². The third-order valence-electron chi connectivity index (χ3n) is 3.56. The van der Waals surface area contributed by atoms with E-state index < -0.39 is 10.8 Å². The van der Waals surface area contributed by atoms with Gasteiger partial charge in [0.15, 0.2) is 5.01 Å². The number of hydrogen-bond donors (Lipinski definition) is 1. The highest BCUT2D eigenvalue weighted by Crippen LogP contribution is 2.26. The van der Waals surface area contributed by atoms with Crippen LogP contribution in [-0.4, -0.2) is 21.0 Å². The molecule has 1 heterocycles. The normalized spacial score (nSPS) is 11.3. The molecule has 1 amide bonds. The number of nitrogens with one attached hydrogen (secondary N) is 1. The number of non-ortho nitro benzene ring substituents is 1. The van der Waals surface area contributed by atoms with Crippen LogP contribution in [0.15, 0.2) is 48.5 Å². The Bertz CT molecular complexity index is 1050. The number of nitrogens with zero attached hydrogens (tertiary/aromatic N) is 3. The smallest absolute Gasteiger partial charge is 0.282 e. The maximum absolute atomic E-state index is 12.9. The number of halogens is 2. The lowest BCUT2D eigenvalue weighted by molar-refractivity contribution is -0.384. The molecule has 0 unspecified atom stereocenters. The van der Waals surface area contributed by atoms with Crippen molar-refractivity contribution in [2.75, 3.05) is 0 Å². The molecule has 142 valence electrons. The van der Waals surface area contributed by atoms with Crippen LogP contribution in [0.5, 0.6) is 0 Å². The van der Waals surface area contributed by atoms with Gasteiger partial charge in [-0.15, -0.1) is 10.2 Å². The van der Waals surface area contributed by atoms with Crippen molar-refractivity contribution in [1.29, 1.82) is 0 Å². The number of rotatable bonds is 6. The monoisotopic (exact) mass is 418 g/mol. The van der Waals surface area contributed by atoms with E-state index in [1.54, 1.807) is 24.3 Å². The summed E-state index contributed by atoms with van der Waals surface area (Å²) in [6.07, 6.45) is 1.51. The van der Waals surface area contributed by atoms with Gasteiger partial charge in [0.05, 0.1) is 9.96 Å². The maximum Gasteiger partial charge on any atom is 0.282 e. The molecule has 10 heteroatoms. The summed E-state index contributed by atoms with van der Waals surface area (Å²) in [6, 6.07) is 11.7. The number of carbonyl (C=O) groups excluding carboxylic acids is 1. The fourth-order valence-electron chi connectivity index (χ4n) is 2.21. The summed E-state index contributed by atoms with van der Waals surface area (Å²) in [6.45, 7) is 0.214. The molecule has 0 spiro atoms. The SMILES string of the molecule is O=C(NCc1ccc(F)cc1)c1nnc(/C(Cl)=C/c2cccc([N+](=O)[O-])c2)s1.